The second-order valence-corrected chi connectivity index (χ2v) is 14.7. The van der Waals surface area contributed by atoms with Crippen LogP contribution in [0.4, 0.5) is 5.69 Å². The number of carbonyl (C=O) groups excluding carboxylic acids is 4. The maximum atomic E-state index is 14.8. The lowest BCUT2D eigenvalue weighted by atomic mass is 9.70. The molecular weight excluding hydrogens is 742 g/mol. The smallest absolute Gasteiger partial charge is 0.313 e. The van der Waals surface area contributed by atoms with Gasteiger partial charge in [-0.3, -0.25) is 19.2 Å². The molecule has 5 rings (SSSR count). The minimum absolute atomic E-state index is 0.0352. The van der Waals surface area contributed by atoms with E-state index in [1.165, 1.54) is 16.9 Å². The third-order valence-corrected chi connectivity index (χ3v) is 11.1. The van der Waals surface area contributed by atoms with Crippen molar-refractivity contribution >= 4 is 56.9 Å². The molecule has 3 heterocycles. The number of rotatable bonds is 17. The van der Waals surface area contributed by atoms with Crippen molar-refractivity contribution in [2.24, 2.45) is 11.8 Å². The lowest BCUT2D eigenvalue weighted by molar-refractivity contribution is -0.163. The predicted molar refractivity (Wildman–Crippen MR) is 196 cm³/mol. The minimum Gasteiger partial charge on any atom is -0.455 e. The monoisotopic (exact) mass is 785 g/mol. The van der Waals surface area contributed by atoms with Crippen LogP contribution in [-0.4, -0.2) is 95.2 Å². The number of nitrogens with one attached hydrogen (secondary N) is 1. The maximum Gasteiger partial charge on any atom is 0.313 e. The topological polar surface area (TPSA) is 135 Å². The van der Waals surface area contributed by atoms with Crippen LogP contribution in [0.15, 0.2) is 79.9 Å². The van der Waals surface area contributed by atoms with Gasteiger partial charge in [0.25, 0.3) is 5.91 Å². The molecule has 1 spiro atoms. The number of aliphatic hydroxyl groups is 1. The highest BCUT2D eigenvalue weighted by Gasteiger charge is 2.77. The molecule has 2 aromatic rings. The number of allylic oxidation sites excluding steroid dienone is 1. The Hall–Kier alpha value is -3.55. The predicted octanol–water partition coefficient (Wildman–Crippen LogP) is 4.76. The molecule has 274 valence electrons. The van der Waals surface area contributed by atoms with Gasteiger partial charge in [0.2, 0.25) is 11.8 Å². The van der Waals surface area contributed by atoms with Crippen molar-refractivity contribution < 1.29 is 38.5 Å². The van der Waals surface area contributed by atoms with Crippen LogP contribution in [0.2, 0.25) is 5.02 Å². The number of halogens is 2. The Bertz CT molecular complexity index is 1590. The van der Waals surface area contributed by atoms with Crippen LogP contribution in [-0.2, 0) is 33.4 Å². The number of hydrogen-bond acceptors (Lipinski definition) is 8. The van der Waals surface area contributed by atoms with Crippen LogP contribution >= 0.6 is 27.5 Å². The summed E-state index contributed by atoms with van der Waals surface area (Å²) in [7, 11) is 1.49. The van der Waals surface area contributed by atoms with Gasteiger partial charge in [0, 0.05) is 35.6 Å². The Kier molecular flexibility index (Phi) is 12.8. The Balaban J connectivity index is 1.54. The second kappa shape index (κ2) is 16.9. The molecule has 3 amide bonds. The number of nitrogens with zero attached hydrogens (tertiary/aromatic N) is 2. The van der Waals surface area contributed by atoms with Crippen LogP contribution in [0.25, 0.3) is 0 Å². The standard InChI is InChI=1S/C38H45BrClN3O8/c1-5-8-14-29(45)41-28(22-49-4)32(23-12-10-9-11-13-23)50-37(48)30-31-35(46)43(25(7-3)21-44)34(38(31)20-27(39)33(30)51-38)36(47)42(19-6-2)26-17-15-24(40)16-18-26/h5-6,9-13,15-18,25,27-28,30-34,44H,1-2,7-8,14,19-22H2,3-4H3,(H,41,45)/t25-,27?,28+,30-,31+,32+,33-,34-,38+/m0/s1. The number of fused-ring (bicyclic) bond motifs is 1. The molecule has 0 saturated carbocycles. The zero-order valence-corrected chi connectivity index (χ0v) is 31.1. The first-order valence-electron chi connectivity index (χ1n) is 17.1. The van der Waals surface area contributed by atoms with Gasteiger partial charge in [-0.1, -0.05) is 76.9 Å². The molecule has 0 radical (unpaired) electrons. The number of carbonyl (C=O) groups is 4. The van der Waals surface area contributed by atoms with Gasteiger partial charge >= 0.3 is 5.97 Å². The van der Waals surface area contributed by atoms with Crippen molar-refractivity contribution in [3.05, 3.63) is 90.5 Å². The van der Waals surface area contributed by atoms with E-state index in [4.69, 9.17) is 25.8 Å². The lowest BCUT2D eigenvalue weighted by Gasteiger charge is -2.39. The van der Waals surface area contributed by atoms with E-state index < -0.39 is 77.0 Å². The molecule has 3 aliphatic heterocycles. The zero-order valence-electron chi connectivity index (χ0n) is 28.8. The highest BCUT2D eigenvalue weighted by Crippen LogP contribution is 2.61. The molecule has 1 unspecified atom stereocenters. The second-order valence-electron chi connectivity index (χ2n) is 13.1. The number of alkyl halides is 1. The molecule has 11 nitrogen and oxygen atoms in total. The van der Waals surface area contributed by atoms with Crippen molar-refractivity contribution in [2.75, 3.05) is 31.8 Å². The van der Waals surface area contributed by atoms with Gasteiger partial charge in [0.05, 0.1) is 43.2 Å². The number of aliphatic hydroxyl groups excluding tert-OH is 1. The molecule has 2 aromatic carbocycles. The first kappa shape index (κ1) is 38.7. The highest BCUT2D eigenvalue weighted by atomic mass is 79.9. The third kappa shape index (κ3) is 7.52. The number of ether oxygens (including phenoxy) is 3. The quantitative estimate of drug-likeness (QED) is 0.133. The van der Waals surface area contributed by atoms with E-state index >= 15 is 0 Å². The van der Waals surface area contributed by atoms with Gasteiger partial charge in [-0.25, -0.2) is 0 Å². The van der Waals surface area contributed by atoms with E-state index in [1.54, 1.807) is 60.7 Å². The molecule has 51 heavy (non-hydrogen) atoms. The number of benzene rings is 2. The van der Waals surface area contributed by atoms with Crippen molar-refractivity contribution in [1.29, 1.82) is 0 Å². The number of likely N-dealkylation sites (tertiary alicyclic amines) is 1. The summed E-state index contributed by atoms with van der Waals surface area (Å²) in [5.74, 6) is -4.03. The summed E-state index contributed by atoms with van der Waals surface area (Å²) in [5, 5.41) is 13.9. The fourth-order valence-electron chi connectivity index (χ4n) is 7.77. The molecule has 2 N–H and O–H groups in total. The average molecular weight is 787 g/mol. The number of methoxy groups -OCH3 is 1. The Morgan fingerprint density at radius 1 is 1.18 bits per heavy atom. The number of anilines is 1. The highest BCUT2D eigenvalue weighted by molar-refractivity contribution is 9.09. The van der Waals surface area contributed by atoms with Crippen LogP contribution < -0.4 is 10.2 Å². The fourth-order valence-corrected chi connectivity index (χ4v) is 8.84. The summed E-state index contributed by atoms with van der Waals surface area (Å²) in [6.07, 6.45) is 2.74. The summed E-state index contributed by atoms with van der Waals surface area (Å²) in [6.45, 7) is 9.12. The van der Waals surface area contributed by atoms with Crippen LogP contribution in [0.5, 0.6) is 0 Å². The summed E-state index contributed by atoms with van der Waals surface area (Å²) in [4.78, 5) is 59.5. The minimum atomic E-state index is -1.40. The van der Waals surface area contributed by atoms with Gasteiger partial charge in [0.1, 0.15) is 17.7 Å². The van der Waals surface area contributed by atoms with Gasteiger partial charge in [-0.05, 0) is 49.1 Å². The van der Waals surface area contributed by atoms with E-state index in [9.17, 15) is 24.3 Å². The SMILES string of the molecule is C=CCCC(=O)N[C@H](COC)[C@H](OC(=O)[C@@H]1[C@H]2O[C@@]3(CC2Br)[C@H](C(=O)N(CC=C)c2ccc(Cl)cc2)N([C@@H](CC)CO)C(=O)[C@@H]13)c1ccccc1. The van der Waals surface area contributed by atoms with Crippen molar-refractivity contribution in [3.63, 3.8) is 0 Å². The number of amides is 3. The summed E-state index contributed by atoms with van der Waals surface area (Å²) >= 11 is 9.87. The van der Waals surface area contributed by atoms with E-state index in [0.717, 1.165) is 0 Å². The molecule has 0 aromatic heterocycles. The number of esters is 1. The molecule has 9 atom stereocenters. The summed E-state index contributed by atoms with van der Waals surface area (Å²) in [5.41, 5.74) is -0.247. The van der Waals surface area contributed by atoms with E-state index in [1.807, 2.05) is 13.0 Å². The summed E-state index contributed by atoms with van der Waals surface area (Å²) in [6, 6.07) is 13.1. The number of hydrogen-bond donors (Lipinski definition) is 2. The van der Waals surface area contributed by atoms with Crippen LogP contribution in [0, 0.1) is 11.8 Å². The van der Waals surface area contributed by atoms with Gasteiger partial charge in [0.15, 0.2) is 0 Å². The molecule has 0 aliphatic carbocycles. The zero-order chi connectivity index (χ0) is 36.9. The van der Waals surface area contributed by atoms with Gasteiger partial charge in [-0.15, -0.1) is 13.2 Å². The first-order chi connectivity index (χ1) is 24.6. The molecule has 3 aliphatic rings. The normalized spacial score (nSPS) is 26.6. The summed E-state index contributed by atoms with van der Waals surface area (Å²) < 4.78 is 18.5. The van der Waals surface area contributed by atoms with Gasteiger partial charge in [-0.2, -0.15) is 0 Å². The lowest BCUT2D eigenvalue weighted by Crippen LogP contribution is -2.59. The van der Waals surface area contributed by atoms with Crippen molar-refractivity contribution in [1.82, 2.24) is 10.2 Å². The van der Waals surface area contributed by atoms with Gasteiger partial charge < -0.3 is 34.4 Å². The molecule has 3 saturated heterocycles. The molecular formula is C38H45BrClN3O8. The third-order valence-electron chi connectivity index (χ3n) is 10.0. The van der Waals surface area contributed by atoms with E-state index in [2.05, 4.69) is 34.4 Å². The molecule has 13 heteroatoms. The largest absolute Gasteiger partial charge is 0.455 e. The molecule has 3 fully saturated rings. The Morgan fingerprint density at radius 2 is 1.88 bits per heavy atom. The fraction of sp³-hybridized carbons (Fsp3) is 0.474. The average Bonchev–Trinajstić information content (AvgIpc) is 3.73. The van der Waals surface area contributed by atoms with E-state index in [0.29, 0.717) is 29.1 Å². The van der Waals surface area contributed by atoms with E-state index in [-0.39, 0.29) is 31.9 Å². The maximum absolute atomic E-state index is 14.8. The Morgan fingerprint density at radius 3 is 2.49 bits per heavy atom. The van der Waals surface area contributed by atoms with Crippen molar-refractivity contribution in [2.45, 2.75) is 73.4 Å². The Labute approximate surface area is 312 Å². The van der Waals surface area contributed by atoms with Crippen LogP contribution in [0.1, 0.15) is 44.3 Å². The van der Waals surface area contributed by atoms with Crippen molar-refractivity contribution in [3.8, 4) is 0 Å². The molecule has 2 bridgehead atoms. The van der Waals surface area contributed by atoms with Crippen LogP contribution in [0.3, 0.4) is 0 Å². The first-order valence-corrected chi connectivity index (χ1v) is 18.4.